The lowest BCUT2D eigenvalue weighted by Crippen LogP contribution is -2.35. The second kappa shape index (κ2) is 6.65. The van der Waals surface area contributed by atoms with Gasteiger partial charge in [0.05, 0.1) is 6.61 Å². The molecule has 2 rings (SSSR count). The highest BCUT2D eigenvalue weighted by Crippen LogP contribution is 2.25. The molecule has 1 fully saturated rings. The molecule has 2 heterocycles. The van der Waals surface area contributed by atoms with E-state index in [1.54, 1.807) is 0 Å². The van der Waals surface area contributed by atoms with Crippen LogP contribution in [0.1, 0.15) is 11.3 Å². The minimum absolute atomic E-state index is 0.0865. The van der Waals surface area contributed by atoms with Gasteiger partial charge in [0.1, 0.15) is 15.2 Å². The first-order valence-electron chi connectivity index (χ1n) is 6.41. The maximum atomic E-state index is 12.5. The van der Waals surface area contributed by atoms with E-state index < -0.39 is 10.0 Å². The molecule has 1 aliphatic rings. The van der Waals surface area contributed by atoms with Crippen LogP contribution in [0.2, 0.25) is 0 Å². The Morgan fingerprint density at radius 3 is 2.75 bits per heavy atom. The fraction of sp³-hybridized carbons (Fsp3) is 0.583. The average Bonchev–Trinajstić information content (AvgIpc) is 2.80. The average molecular weight is 315 g/mol. The number of aliphatic hydroxyl groups is 1. The van der Waals surface area contributed by atoms with Crippen molar-refractivity contribution in [1.82, 2.24) is 9.21 Å². The normalized spacial score (nSPS) is 18.6. The van der Waals surface area contributed by atoms with Crippen molar-refractivity contribution in [3.8, 4) is 6.07 Å². The van der Waals surface area contributed by atoms with Crippen LogP contribution in [0.25, 0.3) is 0 Å². The van der Waals surface area contributed by atoms with Crippen molar-refractivity contribution >= 4 is 21.4 Å². The third-order valence-corrected chi connectivity index (χ3v) is 6.61. The number of sulfonamides is 1. The molecule has 1 aliphatic heterocycles. The van der Waals surface area contributed by atoms with Gasteiger partial charge in [-0.05, 0) is 25.1 Å². The molecule has 0 radical (unpaired) electrons. The van der Waals surface area contributed by atoms with Crippen molar-refractivity contribution in [2.75, 3.05) is 39.3 Å². The lowest BCUT2D eigenvalue weighted by molar-refractivity contribution is 0.202. The first kappa shape index (κ1) is 15.4. The van der Waals surface area contributed by atoms with Crippen molar-refractivity contribution in [2.45, 2.75) is 10.6 Å². The summed E-state index contributed by atoms with van der Waals surface area (Å²) in [5.41, 5.74) is 0. The van der Waals surface area contributed by atoms with Gasteiger partial charge in [-0.2, -0.15) is 9.57 Å². The molecule has 0 saturated carbocycles. The number of thiophene rings is 1. The van der Waals surface area contributed by atoms with Crippen molar-refractivity contribution in [1.29, 1.82) is 5.26 Å². The standard InChI is InChI=1S/C12H17N3O3S2/c13-10-11-2-3-12(19-11)20(17,18)15-5-1-4-14(6-7-15)8-9-16/h2-3,16H,1,4-9H2. The predicted octanol–water partition coefficient (Wildman–Crippen LogP) is 0.308. The topological polar surface area (TPSA) is 84.6 Å². The highest BCUT2D eigenvalue weighted by Gasteiger charge is 2.28. The lowest BCUT2D eigenvalue weighted by Gasteiger charge is -2.20. The summed E-state index contributed by atoms with van der Waals surface area (Å²) in [6, 6.07) is 4.99. The molecule has 0 aromatic carbocycles. The second-order valence-corrected chi connectivity index (χ2v) is 7.80. The quantitative estimate of drug-likeness (QED) is 0.864. The monoisotopic (exact) mass is 315 g/mol. The highest BCUT2D eigenvalue weighted by molar-refractivity contribution is 7.91. The number of nitrogens with zero attached hydrogens (tertiary/aromatic N) is 3. The molecule has 110 valence electrons. The van der Waals surface area contributed by atoms with Gasteiger partial charge in [-0.1, -0.05) is 0 Å². The van der Waals surface area contributed by atoms with E-state index in [-0.39, 0.29) is 10.8 Å². The molecule has 0 spiro atoms. The van der Waals surface area contributed by atoms with E-state index in [0.717, 1.165) is 24.3 Å². The lowest BCUT2D eigenvalue weighted by atomic mass is 10.4. The summed E-state index contributed by atoms with van der Waals surface area (Å²) >= 11 is 1.01. The Labute approximate surface area is 122 Å². The molecule has 0 atom stereocenters. The zero-order valence-electron chi connectivity index (χ0n) is 11.0. The van der Waals surface area contributed by atoms with E-state index in [0.29, 0.717) is 31.1 Å². The predicted molar refractivity (Wildman–Crippen MR) is 75.9 cm³/mol. The van der Waals surface area contributed by atoms with Crippen LogP contribution in [0, 0.1) is 11.3 Å². The summed E-state index contributed by atoms with van der Waals surface area (Å²) in [5.74, 6) is 0. The number of nitriles is 1. The molecular formula is C12H17N3O3S2. The minimum atomic E-state index is -3.50. The Kier molecular flexibility index (Phi) is 5.12. The Bertz CT molecular complexity index is 591. The Hall–Kier alpha value is -0.980. The van der Waals surface area contributed by atoms with Gasteiger partial charge in [-0.15, -0.1) is 11.3 Å². The summed E-state index contributed by atoms with van der Waals surface area (Å²) < 4.78 is 26.7. The van der Waals surface area contributed by atoms with Gasteiger partial charge in [0.25, 0.3) is 10.0 Å². The summed E-state index contributed by atoms with van der Waals surface area (Å²) in [6.45, 7) is 2.97. The zero-order chi connectivity index (χ0) is 14.6. The third kappa shape index (κ3) is 3.37. The fourth-order valence-electron chi connectivity index (χ4n) is 2.20. The summed E-state index contributed by atoms with van der Waals surface area (Å²) in [5, 5.41) is 17.7. The first-order chi connectivity index (χ1) is 9.57. The van der Waals surface area contributed by atoms with E-state index in [2.05, 4.69) is 4.90 Å². The van der Waals surface area contributed by atoms with E-state index in [9.17, 15) is 8.42 Å². The van der Waals surface area contributed by atoms with Crippen LogP contribution in [-0.4, -0.2) is 62.1 Å². The van der Waals surface area contributed by atoms with E-state index in [1.165, 1.54) is 16.4 Å². The molecule has 1 aromatic heterocycles. The maximum absolute atomic E-state index is 12.5. The SMILES string of the molecule is N#Cc1ccc(S(=O)(=O)N2CCCN(CCO)CC2)s1. The maximum Gasteiger partial charge on any atom is 0.252 e. The fourth-order valence-corrected chi connectivity index (χ4v) is 4.93. The first-order valence-corrected chi connectivity index (χ1v) is 8.67. The van der Waals surface area contributed by atoms with Crippen molar-refractivity contribution in [3.05, 3.63) is 17.0 Å². The van der Waals surface area contributed by atoms with E-state index >= 15 is 0 Å². The molecule has 0 unspecified atom stereocenters. The van der Waals surface area contributed by atoms with Gasteiger partial charge < -0.3 is 5.11 Å². The Morgan fingerprint density at radius 1 is 1.30 bits per heavy atom. The van der Waals surface area contributed by atoms with Crippen LogP contribution in [-0.2, 0) is 10.0 Å². The summed E-state index contributed by atoms with van der Waals surface area (Å²) in [7, 11) is -3.50. The van der Waals surface area contributed by atoms with Gasteiger partial charge in [0.15, 0.2) is 0 Å². The van der Waals surface area contributed by atoms with Crippen LogP contribution in [0.4, 0.5) is 0 Å². The minimum Gasteiger partial charge on any atom is -0.395 e. The molecule has 8 heteroatoms. The van der Waals surface area contributed by atoms with Crippen LogP contribution in [0.5, 0.6) is 0 Å². The summed E-state index contributed by atoms with van der Waals surface area (Å²) in [6.07, 6.45) is 0.746. The zero-order valence-corrected chi connectivity index (χ0v) is 12.7. The molecule has 1 N–H and O–H groups in total. The molecule has 6 nitrogen and oxygen atoms in total. The highest BCUT2D eigenvalue weighted by atomic mass is 32.2. The smallest absolute Gasteiger partial charge is 0.252 e. The van der Waals surface area contributed by atoms with Gasteiger partial charge in [-0.25, -0.2) is 8.42 Å². The van der Waals surface area contributed by atoms with Crippen molar-refractivity contribution in [2.24, 2.45) is 0 Å². The molecule has 1 aromatic rings. The van der Waals surface area contributed by atoms with Crippen molar-refractivity contribution in [3.63, 3.8) is 0 Å². The number of hydrogen-bond acceptors (Lipinski definition) is 6. The molecule has 0 amide bonds. The molecule has 0 aliphatic carbocycles. The van der Waals surface area contributed by atoms with Crippen LogP contribution in [0.3, 0.4) is 0 Å². The van der Waals surface area contributed by atoms with Crippen molar-refractivity contribution < 1.29 is 13.5 Å². The van der Waals surface area contributed by atoms with Crippen LogP contribution < -0.4 is 0 Å². The number of β-amino-alcohol motifs (C(OH)–C–C–N with tert-alkyl or cyclic N) is 1. The third-order valence-electron chi connectivity index (χ3n) is 3.25. The summed E-state index contributed by atoms with van der Waals surface area (Å²) in [4.78, 5) is 2.46. The van der Waals surface area contributed by atoms with Gasteiger partial charge in [-0.3, -0.25) is 4.90 Å². The van der Waals surface area contributed by atoms with Gasteiger partial charge in [0, 0.05) is 26.2 Å². The number of hydrogen-bond donors (Lipinski definition) is 1. The van der Waals surface area contributed by atoms with Gasteiger partial charge in [0.2, 0.25) is 0 Å². The Morgan fingerprint density at radius 2 is 2.10 bits per heavy atom. The van der Waals surface area contributed by atoms with Gasteiger partial charge >= 0.3 is 0 Å². The van der Waals surface area contributed by atoms with E-state index in [1.807, 2.05) is 6.07 Å². The van der Waals surface area contributed by atoms with Crippen LogP contribution in [0.15, 0.2) is 16.3 Å². The largest absolute Gasteiger partial charge is 0.395 e. The van der Waals surface area contributed by atoms with Crippen LogP contribution >= 0.6 is 11.3 Å². The number of rotatable bonds is 4. The molecule has 20 heavy (non-hydrogen) atoms. The Balaban J connectivity index is 2.12. The second-order valence-electron chi connectivity index (χ2n) is 4.55. The molecular weight excluding hydrogens is 298 g/mol. The van der Waals surface area contributed by atoms with E-state index in [4.69, 9.17) is 10.4 Å². The number of aliphatic hydroxyl groups excluding tert-OH is 1. The molecule has 0 bridgehead atoms. The molecule has 1 saturated heterocycles.